The lowest BCUT2D eigenvalue weighted by Gasteiger charge is -2.30. The number of likely N-dealkylation sites (tertiary alicyclic amines) is 1. The van der Waals surface area contributed by atoms with Crippen molar-refractivity contribution >= 4 is 11.8 Å². The molecule has 0 aromatic rings. The van der Waals surface area contributed by atoms with Gasteiger partial charge in [0.2, 0.25) is 11.8 Å². The Kier molecular flexibility index (Phi) is 3.61. The Labute approximate surface area is 114 Å². The number of aliphatic hydroxyl groups is 1. The van der Waals surface area contributed by atoms with Crippen LogP contribution in [0, 0.1) is 17.8 Å². The molecule has 0 spiro atoms. The van der Waals surface area contributed by atoms with Crippen LogP contribution in [-0.2, 0) is 9.59 Å². The molecule has 19 heavy (non-hydrogen) atoms. The molecule has 1 saturated heterocycles. The summed E-state index contributed by atoms with van der Waals surface area (Å²) in [5.41, 5.74) is 0. The molecule has 0 aromatic carbocycles. The summed E-state index contributed by atoms with van der Waals surface area (Å²) in [5.74, 6) is 0.0608. The molecule has 0 aromatic heterocycles. The standard InChI is InChI=1S/C15H23NO3/c17-13-8-4-1-5-10(13)9-16-14(18)11-6-2-3-7-12(11)15(16)19/h10-13,17H,1-9H2. The normalized spacial score (nSPS) is 39.5. The van der Waals surface area contributed by atoms with Crippen LogP contribution in [-0.4, -0.2) is 34.5 Å². The maximum atomic E-state index is 12.4. The molecule has 1 heterocycles. The summed E-state index contributed by atoms with van der Waals surface area (Å²) >= 11 is 0. The smallest absolute Gasteiger partial charge is 0.233 e. The quantitative estimate of drug-likeness (QED) is 0.773. The van der Waals surface area contributed by atoms with E-state index < -0.39 is 0 Å². The van der Waals surface area contributed by atoms with Gasteiger partial charge < -0.3 is 5.11 Å². The van der Waals surface area contributed by atoms with E-state index in [0.717, 1.165) is 51.4 Å². The number of rotatable bonds is 2. The third-order valence-electron chi connectivity index (χ3n) is 5.22. The van der Waals surface area contributed by atoms with Crippen LogP contribution in [0.15, 0.2) is 0 Å². The van der Waals surface area contributed by atoms with Gasteiger partial charge in [0.15, 0.2) is 0 Å². The number of nitrogens with zero attached hydrogens (tertiary/aromatic N) is 1. The first-order valence-electron chi connectivity index (χ1n) is 7.72. The van der Waals surface area contributed by atoms with Crippen LogP contribution >= 0.6 is 0 Å². The van der Waals surface area contributed by atoms with Gasteiger partial charge in [-0.2, -0.15) is 0 Å². The van der Waals surface area contributed by atoms with E-state index in [1.807, 2.05) is 0 Å². The monoisotopic (exact) mass is 265 g/mol. The lowest BCUT2D eigenvalue weighted by atomic mass is 9.81. The molecular weight excluding hydrogens is 242 g/mol. The van der Waals surface area contributed by atoms with Crippen molar-refractivity contribution in [3.8, 4) is 0 Å². The summed E-state index contributed by atoms with van der Waals surface area (Å²) in [4.78, 5) is 26.2. The number of imide groups is 1. The zero-order valence-electron chi connectivity index (χ0n) is 11.4. The van der Waals surface area contributed by atoms with E-state index in [9.17, 15) is 14.7 Å². The van der Waals surface area contributed by atoms with Crippen LogP contribution in [0.1, 0.15) is 51.4 Å². The molecule has 4 unspecified atom stereocenters. The van der Waals surface area contributed by atoms with Crippen LogP contribution in [0.25, 0.3) is 0 Å². The molecular formula is C15H23NO3. The Hall–Kier alpha value is -0.900. The molecule has 4 heteroatoms. The number of carbonyl (C=O) groups excluding carboxylic acids is 2. The fourth-order valence-electron chi connectivity index (χ4n) is 4.05. The molecule has 106 valence electrons. The van der Waals surface area contributed by atoms with Gasteiger partial charge in [0, 0.05) is 12.5 Å². The second-order valence-electron chi connectivity index (χ2n) is 6.40. The van der Waals surface area contributed by atoms with E-state index in [-0.39, 0.29) is 35.7 Å². The van der Waals surface area contributed by atoms with Crippen molar-refractivity contribution in [2.75, 3.05) is 6.54 Å². The summed E-state index contributed by atoms with van der Waals surface area (Å²) < 4.78 is 0. The molecule has 3 aliphatic rings. The first-order chi connectivity index (χ1) is 9.18. The van der Waals surface area contributed by atoms with Gasteiger partial charge in [0.05, 0.1) is 17.9 Å². The molecule has 3 rings (SSSR count). The number of hydrogen-bond donors (Lipinski definition) is 1. The highest BCUT2D eigenvalue weighted by Crippen LogP contribution is 2.39. The predicted molar refractivity (Wildman–Crippen MR) is 70.1 cm³/mol. The van der Waals surface area contributed by atoms with Crippen LogP contribution in [0.2, 0.25) is 0 Å². The number of hydrogen-bond acceptors (Lipinski definition) is 3. The molecule has 3 fully saturated rings. The van der Waals surface area contributed by atoms with Gasteiger partial charge in [0.25, 0.3) is 0 Å². The van der Waals surface area contributed by atoms with Crippen LogP contribution in [0.4, 0.5) is 0 Å². The van der Waals surface area contributed by atoms with E-state index in [1.54, 1.807) is 0 Å². The zero-order valence-corrected chi connectivity index (χ0v) is 11.4. The Balaban J connectivity index is 1.70. The number of carbonyl (C=O) groups is 2. The van der Waals surface area contributed by atoms with E-state index in [4.69, 9.17) is 0 Å². The molecule has 2 saturated carbocycles. The molecule has 4 nitrogen and oxygen atoms in total. The lowest BCUT2D eigenvalue weighted by Crippen LogP contribution is -2.40. The predicted octanol–water partition coefficient (Wildman–Crippen LogP) is 1.71. The van der Waals surface area contributed by atoms with Crippen molar-refractivity contribution in [2.45, 2.75) is 57.5 Å². The highest BCUT2D eigenvalue weighted by Gasteiger charge is 2.48. The van der Waals surface area contributed by atoms with Crippen molar-refractivity contribution in [1.29, 1.82) is 0 Å². The van der Waals surface area contributed by atoms with Crippen LogP contribution in [0.5, 0.6) is 0 Å². The summed E-state index contributed by atoms with van der Waals surface area (Å²) in [6.45, 7) is 0.450. The maximum absolute atomic E-state index is 12.4. The largest absolute Gasteiger partial charge is 0.393 e. The molecule has 0 radical (unpaired) electrons. The van der Waals surface area contributed by atoms with Crippen molar-refractivity contribution in [3.05, 3.63) is 0 Å². The highest BCUT2D eigenvalue weighted by atomic mass is 16.3. The number of fused-ring (bicyclic) bond motifs is 1. The molecule has 4 atom stereocenters. The Morgan fingerprint density at radius 3 is 2.00 bits per heavy atom. The van der Waals surface area contributed by atoms with Gasteiger partial charge in [-0.3, -0.25) is 14.5 Å². The molecule has 1 N–H and O–H groups in total. The van der Waals surface area contributed by atoms with Crippen LogP contribution < -0.4 is 0 Å². The highest BCUT2D eigenvalue weighted by molar-refractivity contribution is 6.05. The van der Waals surface area contributed by atoms with Crippen molar-refractivity contribution in [2.24, 2.45) is 17.8 Å². The Morgan fingerprint density at radius 2 is 1.42 bits per heavy atom. The Morgan fingerprint density at radius 1 is 0.895 bits per heavy atom. The fourth-order valence-corrected chi connectivity index (χ4v) is 4.05. The molecule has 1 aliphatic heterocycles. The van der Waals surface area contributed by atoms with Crippen LogP contribution in [0.3, 0.4) is 0 Å². The summed E-state index contributed by atoms with van der Waals surface area (Å²) in [7, 11) is 0. The third kappa shape index (κ3) is 2.31. The topological polar surface area (TPSA) is 57.6 Å². The van der Waals surface area contributed by atoms with E-state index in [0.29, 0.717) is 6.54 Å². The first kappa shape index (κ1) is 13.1. The van der Waals surface area contributed by atoms with Gasteiger partial charge >= 0.3 is 0 Å². The second kappa shape index (κ2) is 5.23. The average molecular weight is 265 g/mol. The summed E-state index contributed by atoms with van der Waals surface area (Å²) in [6.07, 6.45) is 7.46. The van der Waals surface area contributed by atoms with Gasteiger partial charge in [-0.1, -0.05) is 25.7 Å². The van der Waals surface area contributed by atoms with Gasteiger partial charge in [-0.25, -0.2) is 0 Å². The lowest BCUT2D eigenvalue weighted by molar-refractivity contribution is -0.141. The van der Waals surface area contributed by atoms with E-state index in [2.05, 4.69) is 0 Å². The minimum Gasteiger partial charge on any atom is -0.393 e. The van der Waals surface area contributed by atoms with Crippen molar-refractivity contribution in [3.63, 3.8) is 0 Å². The van der Waals surface area contributed by atoms with Crippen molar-refractivity contribution < 1.29 is 14.7 Å². The first-order valence-corrected chi connectivity index (χ1v) is 7.72. The minimum absolute atomic E-state index is 0.0347. The maximum Gasteiger partial charge on any atom is 0.233 e. The fraction of sp³-hybridized carbons (Fsp3) is 0.867. The van der Waals surface area contributed by atoms with E-state index in [1.165, 1.54) is 4.90 Å². The number of amides is 2. The molecule has 2 aliphatic carbocycles. The van der Waals surface area contributed by atoms with E-state index >= 15 is 0 Å². The zero-order chi connectivity index (χ0) is 13.4. The average Bonchev–Trinajstić information content (AvgIpc) is 2.67. The van der Waals surface area contributed by atoms with Gasteiger partial charge in [-0.15, -0.1) is 0 Å². The van der Waals surface area contributed by atoms with Gasteiger partial charge in [-0.05, 0) is 25.7 Å². The third-order valence-corrected chi connectivity index (χ3v) is 5.22. The molecule has 0 bridgehead atoms. The summed E-state index contributed by atoms with van der Waals surface area (Å²) in [6, 6.07) is 0. The van der Waals surface area contributed by atoms with Gasteiger partial charge in [0.1, 0.15) is 0 Å². The second-order valence-corrected chi connectivity index (χ2v) is 6.40. The SMILES string of the molecule is O=C1C2CCCCC2C(=O)N1CC1CCCCC1O. The number of aliphatic hydroxyl groups excluding tert-OH is 1. The van der Waals surface area contributed by atoms with Crippen molar-refractivity contribution in [1.82, 2.24) is 4.90 Å². The molecule has 2 amide bonds. The minimum atomic E-state index is -0.336. The summed E-state index contributed by atoms with van der Waals surface area (Å²) in [5, 5.41) is 10.0. The Bertz CT molecular complexity index is 358.